The number of nitrogens with zero attached hydrogens (tertiary/aromatic N) is 3. The molecule has 0 spiro atoms. The fourth-order valence-corrected chi connectivity index (χ4v) is 4.62. The summed E-state index contributed by atoms with van der Waals surface area (Å²) >= 11 is 6.09. The highest BCUT2D eigenvalue weighted by Gasteiger charge is 2.29. The summed E-state index contributed by atoms with van der Waals surface area (Å²) in [5.74, 6) is 0.00487. The van der Waals surface area contributed by atoms with E-state index in [1.54, 1.807) is 18.5 Å². The van der Waals surface area contributed by atoms with E-state index in [1.807, 2.05) is 0 Å². The molecule has 2 fully saturated rings. The molecule has 3 atom stereocenters. The van der Waals surface area contributed by atoms with Gasteiger partial charge in [-0.25, -0.2) is 19.3 Å². The zero-order valence-electron chi connectivity index (χ0n) is 17.8. The van der Waals surface area contributed by atoms with Crippen LogP contribution in [0.2, 0.25) is 5.02 Å². The number of anilines is 1. The van der Waals surface area contributed by atoms with Gasteiger partial charge in [-0.15, -0.1) is 12.4 Å². The maximum absolute atomic E-state index is 14.5. The van der Waals surface area contributed by atoms with Gasteiger partial charge >= 0.3 is 0 Å². The minimum atomic E-state index is -0.515. The van der Waals surface area contributed by atoms with Crippen LogP contribution in [0.3, 0.4) is 0 Å². The second-order valence-corrected chi connectivity index (χ2v) is 8.85. The first-order chi connectivity index (χ1) is 15.6. The van der Waals surface area contributed by atoms with Crippen LogP contribution in [-0.2, 0) is 9.53 Å². The average molecular weight is 495 g/mol. The van der Waals surface area contributed by atoms with Crippen LogP contribution in [0.5, 0.6) is 0 Å². The van der Waals surface area contributed by atoms with Gasteiger partial charge in [0.25, 0.3) is 0 Å². The minimum absolute atomic E-state index is 0. The van der Waals surface area contributed by atoms with Gasteiger partial charge in [-0.05, 0) is 38.2 Å². The molecule has 11 heteroatoms. The molecule has 0 radical (unpaired) electrons. The van der Waals surface area contributed by atoms with Crippen molar-refractivity contribution in [1.29, 1.82) is 0 Å². The standard InChI is InChI=1S/C22H24ClFN6O2.ClH/c23-13-6-16-17(9-26-19(16)25-8-13)20-27-10-18(24)21(30-20)28-14-2-1-3-15(7-14)29-22(31)12-4-5-32-11-12;/h6,8-10,12,14-15H,1-5,7,11H2,(H,25,26)(H,29,31)(H,27,28,30);1H/t12?,14-,15+;/m0./s1. The quantitative estimate of drug-likeness (QED) is 0.492. The topological polar surface area (TPSA) is 105 Å². The number of carbonyl (C=O) groups excluding carboxylic acids is 1. The molecule has 1 saturated heterocycles. The van der Waals surface area contributed by atoms with Crippen molar-refractivity contribution in [2.24, 2.45) is 5.92 Å². The number of halogens is 3. The van der Waals surface area contributed by atoms with Crippen LogP contribution >= 0.6 is 24.0 Å². The van der Waals surface area contributed by atoms with Crippen LogP contribution in [-0.4, -0.2) is 51.1 Å². The van der Waals surface area contributed by atoms with E-state index in [-0.39, 0.29) is 42.1 Å². The second-order valence-electron chi connectivity index (χ2n) is 8.42. The van der Waals surface area contributed by atoms with Crippen molar-refractivity contribution < 1.29 is 13.9 Å². The largest absolute Gasteiger partial charge is 0.381 e. The van der Waals surface area contributed by atoms with E-state index in [4.69, 9.17) is 16.3 Å². The van der Waals surface area contributed by atoms with Crippen LogP contribution in [0.15, 0.2) is 24.7 Å². The van der Waals surface area contributed by atoms with Crippen molar-refractivity contribution >= 4 is 46.8 Å². The Morgan fingerprint density at radius 1 is 1.21 bits per heavy atom. The number of ether oxygens (including phenoxy) is 1. The van der Waals surface area contributed by atoms with Gasteiger partial charge < -0.3 is 20.4 Å². The van der Waals surface area contributed by atoms with E-state index >= 15 is 0 Å². The lowest BCUT2D eigenvalue weighted by atomic mass is 9.90. The Morgan fingerprint density at radius 2 is 2.06 bits per heavy atom. The zero-order valence-corrected chi connectivity index (χ0v) is 19.4. The number of hydrogen-bond donors (Lipinski definition) is 3. The molecule has 3 aromatic heterocycles. The molecule has 3 N–H and O–H groups in total. The highest BCUT2D eigenvalue weighted by Crippen LogP contribution is 2.29. The van der Waals surface area contributed by atoms with Gasteiger partial charge in [-0.3, -0.25) is 4.79 Å². The smallest absolute Gasteiger partial charge is 0.225 e. The Labute approximate surface area is 201 Å². The first kappa shape index (κ1) is 23.7. The number of aromatic nitrogens is 4. The summed E-state index contributed by atoms with van der Waals surface area (Å²) in [6.07, 6.45) is 8.68. The molecule has 8 nitrogen and oxygen atoms in total. The van der Waals surface area contributed by atoms with E-state index in [9.17, 15) is 9.18 Å². The summed E-state index contributed by atoms with van der Waals surface area (Å²) in [5.41, 5.74) is 1.36. The number of H-pyrrole nitrogens is 1. The van der Waals surface area contributed by atoms with Gasteiger partial charge in [0, 0.05) is 42.0 Å². The minimum Gasteiger partial charge on any atom is -0.381 e. The number of fused-ring (bicyclic) bond motifs is 1. The van der Waals surface area contributed by atoms with E-state index in [0.29, 0.717) is 41.7 Å². The van der Waals surface area contributed by atoms with Crippen LogP contribution in [0.4, 0.5) is 10.2 Å². The number of nitrogens with one attached hydrogen (secondary N) is 3. The lowest BCUT2D eigenvalue weighted by molar-refractivity contribution is -0.125. The predicted molar refractivity (Wildman–Crippen MR) is 126 cm³/mol. The van der Waals surface area contributed by atoms with Crippen molar-refractivity contribution in [3.63, 3.8) is 0 Å². The fraction of sp³-hybridized carbons (Fsp3) is 0.455. The van der Waals surface area contributed by atoms with Crippen molar-refractivity contribution in [3.8, 4) is 11.4 Å². The normalized spacial score (nSPS) is 22.7. The third-order valence-electron chi connectivity index (χ3n) is 6.14. The number of aromatic amines is 1. The molecule has 0 bridgehead atoms. The first-order valence-corrected chi connectivity index (χ1v) is 11.2. The van der Waals surface area contributed by atoms with Gasteiger partial charge in [-0.2, -0.15) is 0 Å². The van der Waals surface area contributed by atoms with Gasteiger partial charge in [0.2, 0.25) is 5.91 Å². The molecule has 176 valence electrons. The molecular formula is C22H25Cl2FN6O2. The highest BCUT2D eigenvalue weighted by molar-refractivity contribution is 6.31. The maximum atomic E-state index is 14.5. The first-order valence-electron chi connectivity index (χ1n) is 10.9. The van der Waals surface area contributed by atoms with E-state index in [2.05, 4.69) is 30.6 Å². The fourth-order valence-electron chi connectivity index (χ4n) is 4.47. The SMILES string of the molecule is Cl.O=C(N[C@@H]1CCC[C@H](Nc2nc(-c3c[nH]c4ncc(Cl)cc34)ncc2F)C1)C1CCOC1. The molecule has 4 heterocycles. The highest BCUT2D eigenvalue weighted by atomic mass is 35.5. The van der Waals surface area contributed by atoms with Crippen molar-refractivity contribution in [2.45, 2.75) is 44.2 Å². The third-order valence-corrected chi connectivity index (χ3v) is 6.35. The Bertz CT molecular complexity index is 1140. The third kappa shape index (κ3) is 5.20. The average Bonchev–Trinajstić information content (AvgIpc) is 3.46. The van der Waals surface area contributed by atoms with E-state index in [0.717, 1.165) is 31.1 Å². The molecule has 1 aliphatic carbocycles. The van der Waals surface area contributed by atoms with Crippen LogP contribution in [0.1, 0.15) is 32.1 Å². The molecular weight excluding hydrogens is 470 g/mol. The van der Waals surface area contributed by atoms with Crippen molar-refractivity contribution in [1.82, 2.24) is 25.3 Å². The van der Waals surface area contributed by atoms with E-state index in [1.165, 1.54) is 6.20 Å². The molecule has 1 saturated carbocycles. The Kier molecular flexibility index (Phi) is 7.31. The van der Waals surface area contributed by atoms with Gasteiger partial charge in [0.1, 0.15) is 5.65 Å². The van der Waals surface area contributed by atoms with E-state index < -0.39 is 5.82 Å². The number of rotatable bonds is 5. The lowest BCUT2D eigenvalue weighted by Gasteiger charge is -2.31. The van der Waals surface area contributed by atoms with Crippen molar-refractivity contribution in [3.05, 3.63) is 35.5 Å². The molecule has 0 aromatic carbocycles. The van der Waals surface area contributed by atoms with Gasteiger partial charge in [0.15, 0.2) is 17.5 Å². The number of hydrogen-bond acceptors (Lipinski definition) is 6. The van der Waals surface area contributed by atoms with Crippen LogP contribution in [0.25, 0.3) is 22.4 Å². The summed E-state index contributed by atoms with van der Waals surface area (Å²) in [7, 11) is 0. The summed E-state index contributed by atoms with van der Waals surface area (Å²) in [6, 6.07) is 1.84. The Hall–Kier alpha value is -2.49. The summed E-state index contributed by atoms with van der Waals surface area (Å²) < 4.78 is 19.9. The van der Waals surface area contributed by atoms with Gasteiger partial charge in [0.05, 0.1) is 23.7 Å². The maximum Gasteiger partial charge on any atom is 0.225 e. The molecule has 1 aliphatic heterocycles. The molecule has 5 rings (SSSR count). The zero-order chi connectivity index (χ0) is 22.1. The summed E-state index contributed by atoms with van der Waals surface area (Å²) in [5, 5.41) is 7.64. The predicted octanol–water partition coefficient (Wildman–Crippen LogP) is 4.11. The number of amides is 1. The van der Waals surface area contributed by atoms with Gasteiger partial charge in [-0.1, -0.05) is 11.6 Å². The Balaban J connectivity index is 0.00000259. The lowest BCUT2D eigenvalue weighted by Crippen LogP contribution is -2.44. The van der Waals surface area contributed by atoms with Crippen LogP contribution < -0.4 is 10.6 Å². The number of carbonyl (C=O) groups is 1. The second kappa shape index (κ2) is 10.2. The summed E-state index contributed by atoms with van der Waals surface area (Å²) in [6.45, 7) is 1.13. The monoisotopic (exact) mass is 494 g/mol. The van der Waals surface area contributed by atoms with Crippen LogP contribution in [0, 0.1) is 11.7 Å². The molecule has 1 amide bonds. The molecule has 1 unspecified atom stereocenters. The molecule has 3 aromatic rings. The molecule has 2 aliphatic rings. The molecule has 33 heavy (non-hydrogen) atoms. The summed E-state index contributed by atoms with van der Waals surface area (Å²) in [4.78, 5) is 28.4. The van der Waals surface area contributed by atoms with Crippen molar-refractivity contribution in [2.75, 3.05) is 18.5 Å². The Morgan fingerprint density at radius 3 is 2.88 bits per heavy atom. The number of pyridine rings is 1.